The molecule has 3 nitrogen and oxygen atoms in total. The van der Waals surface area contributed by atoms with Gasteiger partial charge in [0.25, 0.3) is 0 Å². The third-order valence-corrected chi connectivity index (χ3v) is 5.01. The molecule has 1 aliphatic rings. The van der Waals surface area contributed by atoms with Crippen molar-refractivity contribution in [2.75, 3.05) is 32.7 Å². The molecule has 0 bridgehead atoms. The van der Waals surface area contributed by atoms with Gasteiger partial charge in [-0.2, -0.15) is 0 Å². The van der Waals surface area contributed by atoms with Gasteiger partial charge in [-0.05, 0) is 29.4 Å². The zero-order valence-corrected chi connectivity index (χ0v) is 14.7. The van der Waals surface area contributed by atoms with Crippen LogP contribution in [0.1, 0.15) is 18.9 Å². The van der Waals surface area contributed by atoms with Gasteiger partial charge in [0.2, 0.25) is 0 Å². The normalized spacial score (nSPS) is 15.8. The van der Waals surface area contributed by atoms with Crippen molar-refractivity contribution in [3.05, 3.63) is 48.0 Å². The molecular weight excluding hydrogens is 302 g/mol. The van der Waals surface area contributed by atoms with Gasteiger partial charge in [0.15, 0.2) is 5.11 Å². The summed E-state index contributed by atoms with van der Waals surface area (Å²) in [5.74, 6) is 0. The van der Waals surface area contributed by atoms with Crippen LogP contribution in [0.2, 0.25) is 0 Å². The summed E-state index contributed by atoms with van der Waals surface area (Å²) in [6.45, 7) is 8.65. The summed E-state index contributed by atoms with van der Waals surface area (Å²) in [5, 5.41) is 7.00. The van der Waals surface area contributed by atoms with Gasteiger partial charge in [0.05, 0.1) is 26.2 Å². The van der Waals surface area contributed by atoms with Gasteiger partial charge in [0.1, 0.15) is 6.54 Å². The number of benzene rings is 2. The summed E-state index contributed by atoms with van der Waals surface area (Å²) in [5.41, 5.74) is 1.46. The Balaban J connectivity index is 1.59. The highest BCUT2D eigenvalue weighted by atomic mass is 32.1. The molecule has 1 saturated heterocycles. The Morgan fingerprint density at radius 3 is 2.65 bits per heavy atom. The van der Waals surface area contributed by atoms with Crippen LogP contribution in [0.25, 0.3) is 10.8 Å². The minimum Gasteiger partial charge on any atom is -0.363 e. The molecule has 2 aromatic carbocycles. The monoisotopic (exact) mass is 328 g/mol. The summed E-state index contributed by atoms with van der Waals surface area (Å²) in [6.07, 6.45) is 1.12. The summed E-state index contributed by atoms with van der Waals surface area (Å²) >= 11 is 5.48. The zero-order chi connectivity index (χ0) is 16.1. The van der Waals surface area contributed by atoms with Crippen LogP contribution in [0.3, 0.4) is 0 Å². The van der Waals surface area contributed by atoms with Gasteiger partial charge >= 0.3 is 0 Å². The second-order valence-electron chi connectivity index (χ2n) is 6.28. The first-order chi connectivity index (χ1) is 11.3. The van der Waals surface area contributed by atoms with E-state index in [0.29, 0.717) is 0 Å². The molecule has 23 heavy (non-hydrogen) atoms. The van der Waals surface area contributed by atoms with Gasteiger partial charge in [-0.15, -0.1) is 0 Å². The number of piperazine rings is 1. The van der Waals surface area contributed by atoms with Crippen LogP contribution in [0, 0.1) is 0 Å². The van der Waals surface area contributed by atoms with E-state index in [-0.39, 0.29) is 0 Å². The molecule has 1 fully saturated rings. The van der Waals surface area contributed by atoms with Crippen molar-refractivity contribution in [1.82, 2.24) is 10.2 Å². The second kappa shape index (κ2) is 7.75. The van der Waals surface area contributed by atoms with Gasteiger partial charge in [0, 0.05) is 12.1 Å². The van der Waals surface area contributed by atoms with Crippen LogP contribution < -0.4 is 10.2 Å². The number of thiocarbonyl (C=S) groups is 1. The van der Waals surface area contributed by atoms with Crippen molar-refractivity contribution in [2.45, 2.75) is 19.9 Å². The van der Waals surface area contributed by atoms with Crippen molar-refractivity contribution >= 4 is 28.1 Å². The molecule has 0 atom stereocenters. The molecule has 0 aromatic heterocycles. The summed E-state index contributed by atoms with van der Waals surface area (Å²) in [7, 11) is 0. The number of nitrogens with zero attached hydrogens (tertiary/aromatic N) is 1. The molecule has 0 spiro atoms. The Labute approximate surface area is 144 Å². The Kier molecular flexibility index (Phi) is 5.47. The van der Waals surface area contributed by atoms with Crippen LogP contribution in [-0.2, 0) is 6.54 Å². The van der Waals surface area contributed by atoms with E-state index in [0.717, 1.165) is 50.8 Å². The van der Waals surface area contributed by atoms with Gasteiger partial charge in [-0.25, -0.2) is 0 Å². The minimum atomic E-state index is 0.927. The SMILES string of the molecule is CCCNC(=S)N1CC[NH+](Cc2cccc3ccccc23)CC1. The van der Waals surface area contributed by atoms with Gasteiger partial charge < -0.3 is 15.1 Å². The number of fused-ring (bicyclic) bond motifs is 1. The number of hydrogen-bond donors (Lipinski definition) is 2. The summed E-state index contributed by atoms with van der Waals surface area (Å²) < 4.78 is 0. The molecule has 1 heterocycles. The fourth-order valence-corrected chi connectivity index (χ4v) is 3.55. The Morgan fingerprint density at radius 1 is 1.13 bits per heavy atom. The smallest absolute Gasteiger partial charge is 0.169 e. The lowest BCUT2D eigenvalue weighted by molar-refractivity contribution is -0.917. The molecule has 4 heteroatoms. The molecular formula is C19H26N3S+. The highest BCUT2D eigenvalue weighted by Gasteiger charge is 2.22. The highest BCUT2D eigenvalue weighted by molar-refractivity contribution is 7.80. The predicted octanol–water partition coefficient (Wildman–Crippen LogP) is 1.82. The van der Waals surface area contributed by atoms with Crippen molar-refractivity contribution in [3.8, 4) is 0 Å². The van der Waals surface area contributed by atoms with E-state index in [9.17, 15) is 0 Å². The van der Waals surface area contributed by atoms with E-state index in [1.54, 1.807) is 4.90 Å². The molecule has 0 saturated carbocycles. The average Bonchev–Trinajstić information content (AvgIpc) is 2.60. The Morgan fingerprint density at radius 2 is 1.87 bits per heavy atom. The third kappa shape index (κ3) is 4.01. The highest BCUT2D eigenvalue weighted by Crippen LogP contribution is 2.17. The van der Waals surface area contributed by atoms with Crippen molar-refractivity contribution < 1.29 is 4.90 Å². The Bertz CT molecular complexity index is 657. The molecule has 0 unspecified atom stereocenters. The van der Waals surface area contributed by atoms with Crippen LogP contribution in [0.15, 0.2) is 42.5 Å². The van der Waals surface area contributed by atoms with Gasteiger partial charge in [-0.3, -0.25) is 0 Å². The van der Waals surface area contributed by atoms with Crippen molar-refractivity contribution in [3.63, 3.8) is 0 Å². The molecule has 2 N–H and O–H groups in total. The third-order valence-electron chi connectivity index (χ3n) is 4.60. The quantitative estimate of drug-likeness (QED) is 0.836. The molecule has 0 amide bonds. The molecule has 0 aliphatic carbocycles. The first-order valence-corrected chi connectivity index (χ1v) is 9.01. The Hall–Kier alpha value is -1.65. The number of nitrogens with one attached hydrogen (secondary N) is 2. The van der Waals surface area contributed by atoms with E-state index >= 15 is 0 Å². The van der Waals surface area contributed by atoms with Gasteiger partial charge in [-0.1, -0.05) is 49.4 Å². The van der Waals surface area contributed by atoms with Crippen molar-refractivity contribution in [1.29, 1.82) is 0 Å². The largest absolute Gasteiger partial charge is 0.363 e. The van der Waals surface area contributed by atoms with Crippen LogP contribution >= 0.6 is 12.2 Å². The lowest BCUT2D eigenvalue weighted by Crippen LogP contribution is -3.13. The number of hydrogen-bond acceptors (Lipinski definition) is 1. The average molecular weight is 329 g/mol. The van der Waals surface area contributed by atoms with E-state index in [1.807, 2.05) is 0 Å². The number of rotatable bonds is 4. The maximum atomic E-state index is 5.48. The topological polar surface area (TPSA) is 19.7 Å². The van der Waals surface area contributed by atoms with E-state index < -0.39 is 0 Å². The first kappa shape index (κ1) is 16.2. The molecule has 0 radical (unpaired) electrons. The van der Waals surface area contributed by atoms with E-state index in [1.165, 1.54) is 16.3 Å². The second-order valence-corrected chi connectivity index (χ2v) is 6.67. The maximum absolute atomic E-state index is 5.48. The minimum absolute atomic E-state index is 0.927. The van der Waals surface area contributed by atoms with Crippen molar-refractivity contribution in [2.24, 2.45) is 0 Å². The van der Waals surface area contributed by atoms with E-state index in [4.69, 9.17) is 12.2 Å². The van der Waals surface area contributed by atoms with Crippen LogP contribution in [-0.4, -0.2) is 42.7 Å². The summed E-state index contributed by atoms with van der Waals surface area (Å²) in [6, 6.07) is 15.3. The molecule has 2 aromatic rings. The number of quaternary nitrogens is 1. The summed E-state index contributed by atoms with van der Waals surface area (Å²) in [4.78, 5) is 3.97. The standard InChI is InChI=1S/C19H25N3S/c1-2-10-20-19(23)22-13-11-21(12-14-22)15-17-8-5-7-16-6-3-4-9-18(16)17/h3-9H,2,10-15H2,1H3,(H,20,23)/p+1. The zero-order valence-electron chi connectivity index (χ0n) is 13.8. The molecule has 122 valence electrons. The lowest BCUT2D eigenvalue weighted by Gasteiger charge is -2.34. The predicted molar refractivity (Wildman–Crippen MR) is 101 cm³/mol. The maximum Gasteiger partial charge on any atom is 0.169 e. The molecule has 3 rings (SSSR count). The molecule has 1 aliphatic heterocycles. The van der Waals surface area contributed by atoms with Crippen LogP contribution in [0.4, 0.5) is 0 Å². The van der Waals surface area contributed by atoms with Crippen LogP contribution in [0.5, 0.6) is 0 Å². The van der Waals surface area contributed by atoms with E-state index in [2.05, 4.69) is 59.6 Å². The lowest BCUT2D eigenvalue weighted by atomic mass is 10.0. The fraction of sp³-hybridized carbons (Fsp3) is 0.421. The first-order valence-electron chi connectivity index (χ1n) is 8.61. The fourth-order valence-electron chi connectivity index (χ4n) is 3.26.